The Morgan fingerprint density at radius 3 is 2.38 bits per heavy atom. The van der Waals surface area contributed by atoms with Gasteiger partial charge in [-0.15, -0.1) is 10.2 Å². The van der Waals surface area contributed by atoms with Crippen molar-refractivity contribution in [2.24, 2.45) is 12.2 Å². The first kappa shape index (κ1) is 10.7. The minimum Gasteiger partial charge on any atom is -0.300 e. The summed E-state index contributed by atoms with van der Waals surface area (Å²) in [6.07, 6.45) is 3.17. The quantitative estimate of drug-likeness (QED) is 0.762. The van der Waals surface area contributed by atoms with E-state index in [-0.39, 0.29) is 5.16 Å². The van der Waals surface area contributed by atoms with Crippen LogP contribution in [0.3, 0.4) is 0 Å². The van der Waals surface area contributed by atoms with E-state index in [1.54, 1.807) is 24.5 Å². The topological polar surface area (TPSA) is 104 Å². The largest absolute Gasteiger partial charge is 0.300 e. The highest BCUT2D eigenvalue weighted by molar-refractivity contribution is 7.89. The Bertz CT molecular complexity index is 605. The molecule has 0 fully saturated rings. The molecule has 0 radical (unpaired) electrons. The van der Waals surface area contributed by atoms with Gasteiger partial charge in [0.05, 0.1) is 0 Å². The van der Waals surface area contributed by atoms with Crippen LogP contribution in [0.5, 0.6) is 0 Å². The predicted octanol–water partition coefficient (Wildman–Crippen LogP) is -0.475. The number of sulfonamides is 1. The third-order valence-electron chi connectivity index (χ3n) is 2.03. The monoisotopic (exact) mass is 239 g/mol. The summed E-state index contributed by atoms with van der Waals surface area (Å²) < 4.78 is 23.6. The zero-order chi connectivity index (χ0) is 11.8. The van der Waals surface area contributed by atoms with Crippen LogP contribution in [0.25, 0.3) is 11.4 Å². The fraction of sp³-hybridized carbons (Fsp3) is 0.125. The third-order valence-corrected chi connectivity index (χ3v) is 2.89. The van der Waals surface area contributed by atoms with Crippen LogP contribution in [-0.2, 0) is 17.1 Å². The van der Waals surface area contributed by atoms with Crippen LogP contribution in [0.2, 0.25) is 0 Å². The molecule has 2 rings (SSSR count). The second-order valence-electron chi connectivity index (χ2n) is 3.15. The Labute approximate surface area is 92.0 Å². The molecule has 84 valence electrons. The van der Waals surface area contributed by atoms with Gasteiger partial charge in [0, 0.05) is 25.0 Å². The molecular formula is C8H9N5O2S. The lowest BCUT2D eigenvalue weighted by Gasteiger charge is -2.01. The van der Waals surface area contributed by atoms with E-state index in [9.17, 15) is 8.42 Å². The van der Waals surface area contributed by atoms with Gasteiger partial charge in [0.25, 0.3) is 15.2 Å². The van der Waals surface area contributed by atoms with Crippen LogP contribution >= 0.6 is 0 Å². The molecular weight excluding hydrogens is 230 g/mol. The van der Waals surface area contributed by atoms with Crippen LogP contribution in [0.1, 0.15) is 0 Å². The molecule has 7 nitrogen and oxygen atoms in total. The van der Waals surface area contributed by atoms with E-state index >= 15 is 0 Å². The van der Waals surface area contributed by atoms with E-state index in [4.69, 9.17) is 5.14 Å². The van der Waals surface area contributed by atoms with Gasteiger partial charge in [0.1, 0.15) is 0 Å². The smallest absolute Gasteiger partial charge is 0.273 e. The molecule has 0 atom stereocenters. The van der Waals surface area contributed by atoms with Crippen molar-refractivity contribution in [2.75, 3.05) is 0 Å². The normalized spacial score (nSPS) is 11.6. The molecule has 16 heavy (non-hydrogen) atoms. The Balaban J connectivity index is 2.59. The molecule has 0 saturated heterocycles. The number of nitrogens with two attached hydrogens (primary N) is 1. The molecule has 0 amide bonds. The number of primary sulfonamides is 1. The molecule has 0 bridgehead atoms. The van der Waals surface area contributed by atoms with Crippen LogP contribution in [0.4, 0.5) is 0 Å². The van der Waals surface area contributed by atoms with Crippen molar-refractivity contribution in [1.29, 1.82) is 0 Å². The van der Waals surface area contributed by atoms with Gasteiger partial charge in [-0.25, -0.2) is 13.6 Å². The maximum Gasteiger partial charge on any atom is 0.273 e. The average Bonchev–Trinajstić information content (AvgIpc) is 2.61. The number of rotatable bonds is 2. The molecule has 0 aliphatic heterocycles. The van der Waals surface area contributed by atoms with Crippen molar-refractivity contribution < 1.29 is 8.42 Å². The Hall–Kier alpha value is -1.80. The van der Waals surface area contributed by atoms with Gasteiger partial charge >= 0.3 is 0 Å². The Morgan fingerprint density at radius 2 is 1.88 bits per heavy atom. The van der Waals surface area contributed by atoms with E-state index in [1.165, 1.54) is 11.6 Å². The minimum atomic E-state index is -3.85. The summed E-state index contributed by atoms with van der Waals surface area (Å²) in [5, 5.41) is 12.0. The molecule has 2 N–H and O–H groups in total. The van der Waals surface area contributed by atoms with Crippen molar-refractivity contribution in [2.45, 2.75) is 5.16 Å². The molecule has 0 spiro atoms. The third kappa shape index (κ3) is 1.79. The second-order valence-corrected chi connectivity index (χ2v) is 4.60. The molecule has 2 heterocycles. The summed E-state index contributed by atoms with van der Waals surface area (Å²) in [6.45, 7) is 0. The van der Waals surface area contributed by atoms with Gasteiger partial charge < -0.3 is 0 Å². The number of pyridine rings is 1. The van der Waals surface area contributed by atoms with Crippen molar-refractivity contribution in [3.8, 4) is 11.4 Å². The first-order valence-electron chi connectivity index (χ1n) is 4.33. The second kappa shape index (κ2) is 3.65. The highest BCUT2D eigenvalue weighted by Gasteiger charge is 2.19. The fourth-order valence-corrected chi connectivity index (χ4v) is 1.94. The minimum absolute atomic E-state index is 0.265. The molecule has 0 unspecified atom stereocenters. The molecule has 0 aliphatic carbocycles. The van der Waals surface area contributed by atoms with Gasteiger partial charge in [-0.3, -0.25) is 9.55 Å². The van der Waals surface area contributed by atoms with Crippen molar-refractivity contribution in [1.82, 2.24) is 19.7 Å². The average molecular weight is 239 g/mol. The summed E-state index contributed by atoms with van der Waals surface area (Å²) in [4.78, 5) is 3.86. The molecule has 0 aromatic carbocycles. The van der Waals surface area contributed by atoms with Crippen LogP contribution < -0.4 is 5.14 Å². The summed E-state index contributed by atoms with van der Waals surface area (Å²) in [5.41, 5.74) is 0.722. The predicted molar refractivity (Wildman–Crippen MR) is 55.6 cm³/mol. The number of hydrogen-bond donors (Lipinski definition) is 1. The van der Waals surface area contributed by atoms with Gasteiger partial charge in [-0.2, -0.15) is 0 Å². The van der Waals surface area contributed by atoms with Crippen LogP contribution in [-0.4, -0.2) is 28.2 Å². The van der Waals surface area contributed by atoms with E-state index in [2.05, 4.69) is 15.2 Å². The summed E-state index contributed by atoms with van der Waals surface area (Å²) in [6, 6.07) is 3.41. The van der Waals surface area contributed by atoms with Crippen molar-refractivity contribution >= 4 is 10.0 Å². The number of aromatic nitrogens is 4. The van der Waals surface area contributed by atoms with Crippen molar-refractivity contribution in [3.63, 3.8) is 0 Å². The maximum atomic E-state index is 11.1. The molecule has 0 aliphatic rings. The molecule has 8 heteroatoms. The highest BCUT2D eigenvalue weighted by atomic mass is 32.2. The van der Waals surface area contributed by atoms with E-state index in [0.717, 1.165) is 5.56 Å². The lowest BCUT2D eigenvalue weighted by atomic mass is 10.2. The van der Waals surface area contributed by atoms with Gasteiger partial charge in [0.15, 0.2) is 5.82 Å². The number of nitrogens with zero attached hydrogens (tertiary/aromatic N) is 4. The first-order valence-corrected chi connectivity index (χ1v) is 5.87. The Kier molecular flexibility index (Phi) is 2.44. The zero-order valence-corrected chi connectivity index (χ0v) is 9.22. The van der Waals surface area contributed by atoms with E-state index in [0.29, 0.717) is 5.82 Å². The van der Waals surface area contributed by atoms with E-state index < -0.39 is 10.0 Å². The SMILES string of the molecule is Cn1c(-c2ccncc2)nnc1S(N)(=O)=O. The molecule has 0 saturated carbocycles. The fourth-order valence-electron chi connectivity index (χ4n) is 1.32. The Morgan fingerprint density at radius 1 is 1.25 bits per heavy atom. The standard InChI is InChI=1S/C8H9N5O2S/c1-13-7(6-2-4-10-5-3-6)11-12-8(13)16(9,14)15/h2-5H,1H3,(H2,9,14,15). The van der Waals surface area contributed by atoms with Crippen LogP contribution in [0, 0.1) is 0 Å². The van der Waals surface area contributed by atoms with Crippen LogP contribution in [0.15, 0.2) is 29.7 Å². The first-order chi connectivity index (χ1) is 7.50. The van der Waals surface area contributed by atoms with Gasteiger partial charge in [-0.05, 0) is 12.1 Å². The molecule has 2 aromatic rings. The van der Waals surface area contributed by atoms with Gasteiger partial charge in [-0.1, -0.05) is 0 Å². The number of hydrogen-bond acceptors (Lipinski definition) is 5. The van der Waals surface area contributed by atoms with Crippen molar-refractivity contribution in [3.05, 3.63) is 24.5 Å². The van der Waals surface area contributed by atoms with Gasteiger partial charge in [0.2, 0.25) is 0 Å². The lowest BCUT2D eigenvalue weighted by molar-refractivity contribution is 0.580. The zero-order valence-electron chi connectivity index (χ0n) is 8.40. The summed E-state index contributed by atoms with van der Waals surface area (Å²) in [7, 11) is -2.31. The molecule has 2 aromatic heterocycles. The summed E-state index contributed by atoms with van der Waals surface area (Å²) >= 11 is 0. The summed E-state index contributed by atoms with van der Waals surface area (Å²) in [5.74, 6) is 0.423. The lowest BCUT2D eigenvalue weighted by Crippen LogP contribution is -2.17. The highest BCUT2D eigenvalue weighted by Crippen LogP contribution is 2.17. The maximum absolute atomic E-state index is 11.1. The van der Waals surface area contributed by atoms with E-state index in [1.807, 2.05) is 0 Å².